The zero-order chi connectivity index (χ0) is 19.1. The van der Waals surface area contributed by atoms with Crippen LogP contribution in [-0.4, -0.2) is 41.4 Å². The second-order valence-corrected chi connectivity index (χ2v) is 7.55. The van der Waals surface area contributed by atoms with Crippen LogP contribution in [0.4, 0.5) is 0 Å². The number of rotatable bonds is 8. The number of primary amides is 1. The Labute approximate surface area is 163 Å². The molecule has 1 atom stereocenters. The Bertz CT molecular complexity index is 714. The normalized spacial score (nSPS) is 17.9. The van der Waals surface area contributed by atoms with Crippen LogP contribution in [0.15, 0.2) is 54.6 Å². The molecule has 0 radical (unpaired) electrons. The molecule has 1 saturated heterocycles. The van der Waals surface area contributed by atoms with Gasteiger partial charge in [-0.1, -0.05) is 49.4 Å². The van der Waals surface area contributed by atoms with Crippen LogP contribution in [0.1, 0.15) is 47.7 Å². The quantitative estimate of drug-likeness (QED) is 0.777. The predicted octanol–water partition coefficient (Wildman–Crippen LogP) is 3.66. The fourth-order valence-corrected chi connectivity index (χ4v) is 4.00. The van der Waals surface area contributed by atoms with Gasteiger partial charge in [0, 0.05) is 31.2 Å². The molecule has 4 nitrogen and oxygen atoms in total. The van der Waals surface area contributed by atoms with Crippen molar-refractivity contribution in [3.8, 4) is 0 Å². The van der Waals surface area contributed by atoms with Gasteiger partial charge in [0.25, 0.3) is 0 Å². The number of likely N-dealkylation sites (tertiary alicyclic amines) is 1. The summed E-state index contributed by atoms with van der Waals surface area (Å²) in [5, 5.41) is 0. The Kier molecular flexibility index (Phi) is 7.02. The zero-order valence-corrected chi connectivity index (χ0v) is 16.3. The highest BCUT2D eigenvalue weighted by atomic mass is 16.1. The summed E-state index contributed by atoms with van der Waals surface area (Å²) in [5.74, 6) is -0.365. The molecule has 2 aromatic carbocycles. The second-order valence-electron chi connectivity index (χ2n) is 7.55. The number of benzene rings is 2. The highest BCUT2D eigenvalue weighted by Crippen LogP contribution is 2.20. The monoisotopic (exact) mass is 365 g/mol. The first-order valence-corrected chi connectivity index (χ1v) is 10.0. The summed E-state index contributed by atoms with van der Waals surface area (Å²) in [6.07, 6.45) is 3.65. The van der Waals surface area contributed by atoms with Gasteiger partial charge in [0.2, 0.25) is 5.91 Å². The molecule has 1 amide bonds. The maximum Gasteiger partial charge on any atom is 0.248 e. The van der Waals surface area contributed by atoms with Gasteiger partial charge in [-0.05, 0) is 55.6 Å². The van der Waals surface area contributed by atoms with Gasteiger partial charge in [0.1, 0.15) is 0 Å². The number of piperidine rings is 1. The molecule has 1 aliphatic rings. The van der Waals surface area contributed by atoms with E-state index in [1.165, 1.54) is 30.5 Å². The molecule has 1 aliphatic heterocycles. The van der Waals surface area contributed by atoms with Crippen molar-refractivity contribution in [2.24, 2.45) is 5.73 Å². The van der Waals surface area contributed by atoms with Crippen LogP contribution in [0.25, 0.3) is 0 Å². The first kappa shape index (κ1) is 19.6. The number of nitrogens with zero attached hydrogens (tertiary/aromatic N) is 2. The molecular weight excluding hydrogens is 334 g/mol. The molecule has 1 heterocycles. The first-order chi connectivity index (χ1) is 13.2. The van der Waals surface area contributed by atoms with E-state index in [1.54, 1.807) is 0 Å². The van der Waals surface area contributed by atoms with Crippen LogP contribution in [0.3, 0.4) is 0 Å². The van der Waals surface area contributed by atoms with E-state index in [0.717, 1.165) is 32.6 Å². The van der Waals surface area contributed by atoms with Crippen molar-refractivity contribution in [1.29, 1.82) is 0 Å². The van der Waals surface area contributed by atoms with E-state index >= 15 is 0 Å². The standard InChI is InChI=1S/C23H31N3O/c1-2-14-26(17-20-10-12-21(13-11-20)23(24)27)22-9-6-15-25(18-22)16-19-7-4-3-5-8-19/h3-5,7-8,10-13,22H,2,6,9,14-18H2,1H3,(H2,24,27). The highest BCUT2D eigenvalue weighted by Gasteiger charge is 2.25. The van der Waals surface area contributed by atoms with E-state index in [0.29, 0.717) is 11.6 Å². The number of carbonyl (C=O) groups excluding carboxylic acids is 1. The lowest BCUT2D eigenvalue weighted by Gasteiger charge is -2.39. The molecular formula is C23H31N3O. The average molecular weight is 366 g/mol. The maximum atomic E-state index is 11.3. The number of carbonyl (C=O) groups is 1. The van der Waals surface area contributed by atoms with Gasteiger partial charge in [0.05, 0.1) is 0 Å². The number of hydrogen-bond donors (Lipinski definition) is 1. The predicted molar refractivity (Wildman–Crippen MR) is 110 cm³/mol. The van der Waals surface area contributed by atoms with Gasteiger partial charge in [-0.2, -0.15) is 0 Å². The smallest absolute Gasteiger partial charge is 0.248 e. The van der Waals surface area contributed by atoms with Crippen molar-refractivity contribution in [1.82, 2.24) is 9.80 Å². The van der Waals surface area contributed by atoms with Crippen molar-refractivity contribution in [3.63, 3.8) is 0 Å². The van der Waals surface area contributed by atoms with Crippen LogP contribution in [0.2, 0.25) is 0 Å². The minimum Gasteiger partial charge on any atom is -0.366 e. The van der Waals surface area contributed by atoms with E-state index < -0.39 is 0 Å². The third-order valence-electron chi connectivity index (χ3n) is 5.38. The molecule has 2 N–H and O–H groups in total. The molecule has 1 unspecified atom stereocenters. The van der Waals surface area contributed by atoms with Crippen molar-refractivity contribution in [3.05, 3.63) is 71.3 Å². The molecule has 144 valence electrons. The number of nitrogens with two attached hydrogens (primary N) is 1. The Hall–Kier alpha value is -2.17. The average Bonchev–Trinajstić information content (AvgIpc) is 2.69. The van der Waals surface area contributed by atoms with E-state index in [-0.39, 0.29) is 5.91 Å². The topological polar surface area (TPSA) is 49.6 Å². The van der Waals surface area contributed by atoms with Crippen LogP contribution in [0.5, 0.6) is 0 Å². The Morgan fingerprint density at radius 2 is 1.85 bits per heavy atom. The highest BCUT2D eigenvalue weighted by molar-refractivity contribution is 5.92. The zero-order valence-electron chi connectivity index (χ0n) is 16.3. The van der Waals surface area contributed by atoms with Crippen LogP contribution < -0.4 is 5.73 Å². The number of amides is 1. The molecule has 0 aromatic heterocycles. The lowest BCUT2D eigenvalue weighted by Crippen LogP contribution is -2.47. The van der Waals surface area contributed by atoms with E-state index in [1.807, 2.05) is 24.3 Å². The van der Waals surface area contributed by atoms with Gasteiger partial charge in [-0.25, -0.2) is 0 Å². The fourth-order valence-electron chi connectivity index (χ4n) is 4.00. The molecule has 0 bridgehead atoms. The van der Waals surface area contributed by atoms with Crippen molar-refractivity contribution >= 4 is 5.91 Å². The molecule has 4 heteroatoms. The van der Waals surface area contributed by atoms with E-state index in [9.17, 15) is 4.79 Å². The molecule has 1 fully saturated rings. The third-order valence-corrected chi connectivity index (χ3v) is 5.38. The van der Waals surface area contributed by atoms with Crippen molar-refractivity contribution in [2.45, 2.75) is 45.3 Å². The summed E-state index contributed by atoms with van der Waals surface area (Å²) in [7, 11) is 0. The van der Waals surface area contributed by atoms with E-state index in [4.69, 9.17) is 5.73 Å². The molecule has 3 rings (SSSR count). The first-order valence-electron chi connectivity index (χ1n) is 10.0. The summed E-state index contributed by atoms with van der Waals surface area (Å²) >= 11 is 0. The van der Waals surface area contributed by atoms with Gasteiger partial charge < -0.3 is 5.73 Å². The third kappa shape index (κ3) is 5.65. The lowest BCUT2D eigenvalue weighted by molar-refractivity contribution is 0.0876. The van der Waals surface area contributed by atoms with Gasteiger partial charge >= 0.3 is 0 Å². The van der Waals surface area contributed by atoms with Crippen LogP contribution >= 0.6 is 0 Å². The molecule has 0 saturated carbocycles. The van der Waals surface area contributed by atoms with Crippen LogP contribution in [-0.2, 0) is 13.1 Å². The fraction of sp³-hybridized carbons (Fsp3) is 0.435. The Morgan fingerprint density at radius 1 is 1.11 bits per heavy atom. The van der Waals surface area contributed by atoms with Gasteiger partial charge in [-0.3, -0.25) is 14.6 Å². The van der Waals surface area contributed by atoms with Crippen molar-refractivity contribution < 1.29 is 4.79 Å². The summed E-state index contributed by atoms with van der Waals surface area (Å²) in [5.41, 5.74) is 8.56. The maximum absolute atomic E-state index is 11.3. The number of hydrogen-bond acceptors (Lipinski definition) is 3. The largest absolute Gasteiger partial charge is 0.366 e. The molecule has 27 heavy (non-hydrogen) atoms. The summed E-state index contributed by atoms with van der Waals surface area (Å²) < 4.78 is 0. The van der Waals surface area contributed by atoms with Crippen molar-refractivity contribution in [2.75, 3.05) is 19.6 Å². The van der Waals surface area contributed by atoms with E-state index in [2.05, 4.69) is 47.1 Å². The summed E-state index contributed by atoms with van der Waals surface area (Å²) in [4.78, 5) is 16.5. The molecule has 2 aromatic rings. The minimum atomic E-state index is -0.365. The second kappa shape index (κ2) is 9.67. The SMILES string of the molecule is CCCN(Cc1ccc(C(N)=O)cc1)C1CCCN(Cc2ccccc2)C1. The Morgan fingerprint density at radius 3 is 2.52 bits per heavy atom. The lowest BCUT2D eigenvalue weighted by atomic mass is 10.0. The van der Waals surface area contributed by atoms with Gasteiger partial charge in [-0.15, -0.1) is 0 Å². The van der Waals surface area contributed by atoms with Gasteiger partial charge in [0.15, 0.2) is 0 Å². The van der Waals surface area contributed by atoms with Crippen LogP contribution in [0, 0.1) is 0 Å². The molecule has 0 aliphatic carbocycles. The Balaban J connectivity index is 1.63. The summed E-state index contributed by atoms with van der Waals surface area (Å²) in [6.45, 7) is 7.60. The molecule has 0 spiro atoms. The minimum absolute atomic E-state index is 0.365. The summed E-state index contributed by atoms with van der Waals surface area (Å²) in [6, 6.07) is 19.1.